The molecular weight excluding hydrogens is 367 g/mol. The molecule has 0 fully saturated rings. The number of hydrogen-bond donors (Lipinski definition) is 2. The molecule has 0 radical (unpaired) electrons. The zero-order valence-electron chi connectivity index (χ0n) is 10.6. The summed E-state index contributed by atoms with van der Waals surface area (Å²) in [5, 5.41) is 2.90. The molecule has 7 heteroatoms. The summed E-state index contributed by atoms with van der Waals surface area (Å²) in [5.41, 5.74) is 6.18. The molecule has 0 atom stereocenters. The van der Waals surface area contributed by atoms with Crippen LogP contribution >= 0.6 is 24.0 Å². The second kappa shape index (κ2) is 9.76. The third-order valence-corrected chi connectivity index (χ3v) is 2.16. The Balaban J connectivity index is 0.00000324. The summed E-state index contributed by atoms with van der Waals surface area (Å²) in [4.78, 5) is 4.06. The molecular formula is C12H18F2IN3O. The number of aliphatic imine (C=N–C) groups is 1. The lowest BCUT2D eigenvalue weighted by Crippen LogP contribution is -2.32. The first-order valence-corrected chi connectivity index (χ1v) is 5.70. The standard InChI is InChI=1S/C12H17F2N3O.HI/c1-2-7-16-12(15)17-8-9-5-3-4-6-10(9)18-11(13)14;/h3-6,11H,2,7-8H2,1H3,(H3,15,16,17);1H. The van der Waals surface area contributed by atoms with E-state index in [1.165, 1.54) is 6.07 Å². The van der Waals surface area contributed by atoms with E-state index < -0.39 is 6.61 Å². The van der Waals surface area contributed by atoms with E-state index in [0.29, 0.717) is 11.5 Å². The van der Waals surface area contributed by atoms with Gasteiger partial charge in [-0.05, 0) is 12.5 Å². The van der Waals surface area contributed by atoms with Crippen molar-refractivity contribution in [1.29, 1.82) is 0 Å². The Kier molecular flexibility index (Phi) is 9.19. The molecule has 0 bridgehead atoms. The van der Waals surface area contributed by atoms with Gasteiger partial charge in [0.25, 0.3) is 0 Å². The number of rotatable bonds is 6. The van der Waals surface area contributed by atoms with Gasteiger partial charge in [0.05, 0.1) is 6.54 Å². The van der Waals surface area contributed by atoms with Crippen LogP contribution in [0, 0.1) is 0 Å². The number of hydrogen-bond acceptors (Lipinski definition) is 2. The van der Waals surface area contributed by atoms with Crippen LogP contribution in [0.25, 0.3) is 0 Å². The van der Waals surface area contributed by atoms with E-state index in [9.17, 15) is 8.78 Å². The van der Waals surface area contributed by atoms with Crippen molar-refractivity contribution in [2.75, 3.05) is 6.54 Å². The molecule has 0 aliphatic heterocycles. The Morgan fingerprint density at radius 2 is 2.11 bits per heavy atom. The minimum absolute atomic E-state index is 0. The summed E-state index contributed by atoms with van der Waals surface area (Å²) >= 11 is 0. The molecule has 1 rings (SSSR count). The Hall–Kier alpha value is -1.12. The summed E-state index contributed by atoms with van der Waals surface area (Å²) in [6.07, 6.45) is 0.932. The van der Waals surface area contributed by atoms with Crippen molar-refractivity contribution in [3.05, 3.63) is 29.8 Å². The molecule has 0 aliphatic rings. The molecule has 1 aromatic rings. The van der Waals surface area contributed by atoms with Crippen molar-refractivity contribution in [2.45, 2.75) is 26.5 Å². The second-order valence-electron chi connectivity index (χ2n) is 3.61. The predicted octanol–water partition coefficient (Wildman–Crippen LogP) is 2.72. The molecule has 0 spiro atoms. The Bertz CT molecular complexity index is 402. The van der Waals surface area contributed by atoms with Gasteiger partial charge in [-0.25, -0.2) is 4.99 Å². The van der Waals surface area contributed by atoms with E-state index in [2.05, 4.69) is 15.0 Å². The summed E-state index contributed by atoms with van der Waals surface area (Å²) in [5.74, 6) is 0.420. The van der Waals surface area contributed by atoms with E-state index in [4.69, 9.17) is 5.73 Å². The highest BCUT2D eigenvalue weighted by Crippen LogP contribution is 2.20. The highest BCUT2D eigenvalue weighted by atomic mass is 127. The molecule has 0 aliphatic carbocycles. The maximum atomic E-state index is 12.2. The molecule has 3 N–H and O–H groups in total. The first-order valence-electron chi connectivity index (χ1n) is 5.70. The van der Waals surface area contributed by atoms with Crippen molar-refractivity contribution >= 4 is 29.9 Å². The van der Waals surface area contributed by atoms with Gasteiger partial charge < -0.3 is 15.8 Å². The number of halogens is 3. The topological polar surface area (TPSA) is 59.6 Å². The molecule has 0 aromatic heterocycles. The van der Waals surface area contributed by atoms with Crippen LogP contribution in [0.15, 0.2) is 29.3 Å². The smallest absolute Gasteiger partial charge is 0.387 e. The van der Waals surface area contributed by atoms with Crippen LogP contribution in [-0.2, 0) is 6.54 Å². The lowest BCUT2D eigenvalue weighted by atomic mass is 10.2. The zero-order chi connectivity index (χ0) is 13.4. The highest BCUT2D eigenvalue weighted by molar-refractivity contribution is 14.0. The van der Waals surface area contributed by atoms with Gasteiger partial charge in [0, 0.05) is 12.1 Å². The van der Waals surface area contributed by atoms with Crippen LogP contribution < -0.4 is 15.8 Å². The van der Waals surface area contributed by atoms with Crippen LogP contribution in [-0.4, -0.2) is 19.1 Å². The fourth-order valence-electron chi connectivity index (χ4n) is 1.32. The minimum Gasteiger partial charge on any atom is -0.434 e. The largest absolute Gasteiger partial charge is 0.434 e. The van der Waals surface area contributed by atoms with Crippen LogP contribution in [0.4, 0.5) is 8.78 Å². The average molecular weight is 385 g/mol. The number of nitrogens with zero attached hydrogens (tertiary/aromatic N) is 1. The predicted molar refractivity (Wildman–Crippen MR) is 82.1 cm³/mol. The molecule has 0 heterocycles. The number of guanidine groups is 1. The minimum atomic E-state index is -2.84. The molecule has 0 saturated carbocycles. The number of alkyl halides is 2. The van der Waals surface area contributed by atoms with Crippen LogP contribution in [0.1, 0.15) is 18.9 Å². The van der Waals surface area contributed by atoms with Crippen molar-refractivity contribution < 1.29 is 13.5 Å². The number of nitrogens with one attached hydrogen (secondary N) is 1. The van der Waals surface area contributed by atoms with Crippen LogP contribution in [0.2, 0.25) is 0 Å². The number of ether oxygens (including phenoxy) is 1. The Morgan fingerprint density at radius 3 is 2.74 bits per heavy atom. The van der Waals surface area contributed by atoms with Gasteiger partial charge >= 0.3 is 6.61 Å². The molecule has 4 nitrogen and oxygen atoms in total. The summed E-state index contributed by atoms with van der Waals surface area (Å²) in [6.45, 7) is 0.0906. The Labute approximate surface area is 128 Å². The van der Waals surface area contributed by atoms with Crippen LogP contribution in [0.3, 0.4) is 0 Å². The molecule has 1 aromatic carbocycles. The monoisotopic (exact) mass is 385 g/mol. The quantitative estimate of drug-likeness (QED) is 0.450. The lowest BCUT2D eigenvalue weighted by Gasteiger charge is -2.09. The maximum Gasteiger partial charge on any atom is 0.387 e. The molecule has 0 unspecified atom stereocenters. The average Bonchev–Trinajstić information content (AvgIpc) is 2.34. The molecule has 0 saturated heterocycles. The SMILES string of the molecule is CCCNC(N)=NCc1ccccc1OC(F)F.I. The van der Waals surface area contributed by atoms with Gasteiger partial charge in [0.1, 0.15) is 5.75 Å². The van der Waals surface area contributed by atoms with Crippen molar-refractivity contribution in [3.8, 4) is 5.75 Å². The van der Waals surface area contributed by atoms with Gasteiger partial charge in [-0.3, -0.25) is 0 Å². The third kappa shape index (κ3) is 7.14. The third-order valence-electron chi connectivity index (χ3n) is 2.16. The van der Waals surface area contributed by atoms with Gasteiger partial charge in [0.2, 0.25) is 0 Å². The van der Waals surface area contributed by atoms with Crippen LogP contribution in [0.5, 0.6) is 5.75 Å². The van der Waals surface area contributed by atoms with E-state index >= 15 is 0 Å². The van der Waals surface area contributed by atoms with E-state index in [1.54, 1.807) is 18.2 Å². The maximum absolute atomic E-state index is 12.2. The number of para-hydroxylation sites is 1. The lowest BCUT2D eigenvalue weighted by molar-refractivity contribution is -0.0504. The van der Waals surface area contributed by atoms with E-state index in [1.807, 2.05) is 6.92 Å². The molecule has 19 heavy (non-hydrogen) atoms. The normalized spacial score (nSPS) is 11.1. The first-order chi connectivity index (χ1) is 8.63. The summed E-state index contributed by atoms with van der Waals surface area (Å²) in [6, 6.07) is 6.52. The van der Waals surface area contributed by atoms with Gasteiger partial charge in [-0.2, -0.15) is 8.78 Å². The fourth-order valence-corrected chi connectivity index (χ4v) is 1.32. The Morgan fingerprint density at radius 1 is 1.42 bits per heavy atom. The fraction of sp³-hybridized carbons (Fsp3) is 0.417. The molecule has 108 valence electrons. The number of benzene rings is 1. The molecule has 0 amide bonds. The number of nitrogens with two attached hydrogens (primary N) is 1. The van der Waals surface area contributed by atoms with Gasteiger partial charge in [-0.1, -0.05) is 25.1 Å². The zero-order valence-corrected chi connectivity index (χ0v) is 12.9. The first kappa shape index (κ1) is 17.9. The van der Waals surface area contributed by atoms with Crippen molar-refractivity contribution in [3.63, 3.8) is 0 Å². The highest BCUT2D eigenvalue weighted by Gasteiger charge is 2.08. The van der Waals surface area contributed by atoms with E-state index in [-0.39, 0.29) is 36.3 Å². The summed E-state index contributed by atoms with van der Waals surface area (Å²) in [7, 11) is 0. The van der Waals surface area contributed by atoms with Gasteiger partial charge in [0.15, 0.2) is 5.96 Å². The van der Waals surface area contributed by atoms with E-state index in [0.717, 1.165) is 13.0 Å². The second-order valence-corrected chi connectivity index (χ2v) is 3.61. The summed E-state index contributed by atoms with van der Waals surface area (Å²) < 4.78 is 28.7. The van der Waals surface area contributed by atoms with Crippen molar-refractivity contribution in [2.24, 2.45) is 10.7 Å². The van der Waals surface area contributed by atoms with Gasteiger partial charge in [-0.15, -0.1) is 24.0 Å². The van der Waals surface area contributed by atoms with Crippen molar-refractivity contribution in [1.82, 2.24) is 5.32 Å².